The highest BCUT2D eigenvalue weighted by atomic mass is 16.5. The predicted molar refractivity (Wildman–Crippen MR) is 100 cm³/mol. The number of hydrogen-bond donors (Lipinski definition) is 2. The Morgan fingerprint density at radius 1 is 1.19 bits per heavy atom. The van der Waals surface area contributed by atoms with Gasteiger partial charge in [0.2, 0.25) is 11.8 Å². The Kier molecular flexibility index (Phi) is 4.58. The largest absolute Gasteiger partial charge is 0.493 e. The minimum atomic E-state index is -1.16. The second-order valence-electron chi connectivity index (χ2n) is 7.08. The summed E-state index contributed by atoms with van der Waals surface area (Å²) in [5.41, 5.74) is 0.325. The van der Waals surface area contributed by atoms with Crippen LogP contribution in [0.3, 0.4) is 0 Å². The molecule has 140 valence electrons. The number of hydrogen-bond acceptors (Lipinski definition) is 4. The van der Waals surface area contributed by atoms with E-state index in [9.17, 15) is 14.7 Å². The summed E-state index contributed by atoms with van der Waals surface area (Å²) in [6.07, 6.45) is 0.586. The molecule has 0 radical (unpaired) electrons. The van der Waals surface area contributed by atoms with Crippen LogP contribution in [-0.2, 0) is 15.2 Å². The van der Waals surface area contributed by atoms with E-state index < -0.39 is 11.5 Å². The van der Waals surface area contributed by atoms with E-state index in [4.69, 9.17) is 4.74 Å². The summed E-state index contributed by atoms with van der Waals surface area (Å²) in [4.78, 5) is 26.6. The Balaban J connectivity index is 1.41. The Morgan fingerprint density at radius 2 is 1.93 bits per heavy atom. The molecule has 0 saturated carbocycles. The summed E-state index contributed by atoms with van der Waals surface area (Å²) in [5.74, 6) is -0.0427. The highest BCUT2D eigenvalue weighted by Crippen LogP contribution is 2.36. The van der Waals surface area contributed by atoms with Crippen molar-refractivity contribution in [2.24, 2.45) is 5.92 Å². The van der Waals surface area contributed by atoms with Crippen LogP contribution in [0.4, 0.5) is 5.69 Å². The number of nitrogens with zero attached hydrogens (tertiary/aromatic N) is 1. The van der Waals surface area contributed by atoms with Crippen molar-refractivity contribution in [2.75, 3.05) is 24.6 Å². The molecule has 2 N–H and O–H groups in total. The number of benzene rings is 2. The van der Waals surface area contributed by atoms with Crippen LogP contribution < -0.4 is 15.0 Å². The molecule has 6 nitrogen and oxygen atoms in total. The highest BCUT2D eigenvalue weighted by molar-refractivity contribution is 6.00. The first-order valence-corrected chi connectivity index (χ1v) is 9.15. The zero-order chi connectivity index (χ0) is 18.9. The molecule has 0 spiro atoms. The fourth-order valence-electron chi connectivity index (χ4n) is 3.74. The molecule has 2 aliphatic rings. The summed E-state index contributed by atoms with van der Waals surface area (Å²) in [5, 5.41) is 13.9. The summed E-state index contributed by atoms with van der Waals surface area (Å²) < 4.78 is 5.58. The standard InChI is InChI=1S/C21H22N2O4/c24-19-12-15(13-23(19)16-6-2-1-3-7-16)20(25)22-14-21(26)10-11-27-18-9-5-4-8-17(18)21/h1-9,15,26H,10-14H2,(H,22,25). The fourth-order valence-corrected chi connectivity index (χ4v) is 3.74. The van der Waals surface area contributed by atoms with E-state index in [1.54, 1.807) is 4.90 Å². The summed E-state index contributed by atoms with van der Waals surface area (Å²) in [6.45, 7) is 0.849. The van der Waals surface area contributed by atoms with Crippen molar-refractivity contribution in [3.63, 3.8) is 0 Å². The molecule has 1 saturated heterocycles. The van der Waals surface area contributed by atoms with Gasteiger partial charge in [0.25, 0.3) is 0 Å². The smallest absolute Gasteiger partial charge is 0.227 e. The number of nitrogens with one attached hydrogen (secondary N) is 1. The van der Waals surface area contributed by atoms with E-state index in [2.05, 4.69) is 5.32 Å². The summed E-state index contributed by atoms with van der Waals surface area (Å²) in [7, 11) is 0. The van der Waals surface area contributed by atoms with E-state index in [-0.39, 0.29) is 24.8 Å². The highest BCUT2D eigenvalue weighted by Gasteiger charge is 2.39. The molecule has 0 aliphatic carbocycles. The van der Waals surface area contributed by atoms with Gasteiger partial charge in [-0.05, 0) is 18.2 Å². The minimum absolute atomic E-state index is 0.0588. The van der Waals surface area contributed by atoms with Gasteiger partial charge in [0.05, 0.1) is 19.1 Å². The molecule has 2 aromatic rings. The minimum Gasteiger partial charge on any atom is -0.493 e. The maximum absolute atomic E-state index is 12.6. The molecule has 4 rings (SSSR count). The number of anilines is 1. The molecule has 2 unspecified atom stereocenters. The third-order valence-corrected chi connectivity index (χ3v) is 5.28. The van der Waals surface area contributed by atoms with Gasteiger partial charge in [0.15, 0.2) is 0 Å². The molecule has 2 aromatic carbocycles. The second kappa shape index (κ2) is 7.04. The molecule has 1 fully saturated rings. The molecular formula is C21H22N2O4. The second-order valence-corrected chi connectivity index (χ2v) is 7.08. The van der Waals surface area contributed by atoms with Crippen molar-refractivity contribution in [3.8, 4) is 5.75 Å². The van der Waals surface area contributed by atoms with Crippen molar-refractivity contribution in [3.05, 3.63) is 60.2 Å². The first-order chi connectivity index (χ1) is 13.1. The van der Waals surface area contributed by atoms with Gasteiger partial charge in [-0.3, -0.25) is 9.59 Å². The van der Waals surface area contributed by atoms with Crippen molar-refractivity contribution in [1.82, 2.24) is 5.32 Å². The lowest BCUT2D eigenvalue weighted by atomic mass is 9.88. The molecule has 27 heavy (non-hydrogen) atoms. The number of para-hydroxylation sites is 2. The molecule has 2 atom stereocenters. The number of amides is 2. The zero-order valence-corrected chi connectivity index (χ0v) is 14.9. The van der Waals surface area contributed by atoms with Gasteiger partial charge in [0.1, 0.15) is 11.4 Å². The van der Waals surface area contributed by atoms with Crippen LogP contribution >= 0.6 is 0 Å². The number of aliphatic hydroxyl groups is 1. The van der Waals surface area contributed by atoms with Gasteiger partial charge in [-0.25, -0.2) is 0 Å². The third kappa shape index (κ3) is 3.40. The van der Waals surface area contributed by atoms with E-state index in [0.717, 1.165) is 5.69 Å². The van der Waals surface area contributed by atoms with Crippen molar-refractivity contribution >= 4 is 17.5 Å². The van der Waals surface area contributed by atoms with Crippen LogP contribution in [0.5, 0.6) is 5.75 Å². The summed E-state index contributed by atoms with van der Waals surface area (Å²) in [6, 6.07) is 16.7. The topological polar surface area (TPSA) is 78.9 Å². The Labute approximate surface area is 157 Å². The number of ether oxygens (including phenoxy) is 1. The van der Waals surface area contributed by atoms with Gasteiger partial charge in [-0.2, -0.15) is 0 Å². The van der Waals surface area contributed by atoms with Crippen molar-refractivity contribution in [1.29, 1.82) is 0 Å². The molecule has 2 aliphatic heterocycles. The Bertz CT molecular complexity index is 854. The summed E-state index contributed by atoms with van der Waals surface area (Å²) >= 11 is 0. The quantitative estimate of drug-likeness (QED) is 0.865. The molecule has 6 heteroatoms. The van der Waals surface area contributed by atoms with Crippen LogP contribution in [0, 0.1) is 5.92 Å². The average molecular weight is 366 g/mol. The lowest BCUT2D eigenvalue weighted by Gasteiger charge is -2.34. The van der Waals surface area contributed by atoms with Gasteiger partial charge in [-0.15, -0.1) is 0 Å². The van der Waals surface area contributed by atoms with E-state index in [0.29, 0.717) is 30.9 Å². The van der Waals surface area contributed by atoms with Crippen LogP contribution in [0.2, 0.25) is 0 Å². The first-order valence-electron chi connectivity index (χ1n) is 9.15. The molecule has 0 aromatic heterocycles. The van der Waals surface area contributed by atoms with Crippen LogP contribution in [0.1, 0.15) is 18.4 Å². The molecule has 0 bridgehead atoms. The van der Waals surface area contributed by atoms with Crippen LogP contribution in [-0.4, -0.2) is 36.6 Å². The normalized spacial score (nSPS) is 24.3. The van der Waals surface area contributed by atoms with Gasteiger partial charge >= 0.3 is 0 Å². The Morgan fingerprint density at radius 3 is 2.74 bits per heavy atom. The first kappa shape index (κ1) is 17.5. The van der Waals surface area contributed by atoms with Gasteiger partial charge < -0.3 is 20.1 Å². The maximum atomic E-state index is 12.6. The fraction of sp³-hybridized carbons (Fsp3) is 0.333. The zero-order valence-electron chi connectivity index (χ0n) is 14.9. The van der Waals surface area contributed by atoms with E-state index in [1.807, 2.05) is 54.6 Å². The average Bonchev–Trinajstić information content (AvgIpc) is 3.09. The Hall–Kier alpha value is -2.86. The van der Waals surface area contributed by atoms with Crippen LogP contribution in [0.15, 0.2) is 54.6 Å². The number of carbonyl (C=O) groups excluding carboxylic acids is 2. The lowest BCUT2D eigenvalue weighted by molar-refractivity contribution is -0.127. The van der Waals surface area contributed by atoms with Crippen molar-refractivity contribution < 1.29 is 19.4 Å². The SMILES string of the molecule is O=C(NCC1(O)CCOc2ccccc21)C1CC(=O)N(c2ccccc2)C1. The monoisotopic (exact) mass is 366 g/mol. The molecular weight excluding hydrogens is 344 g/mol. The molecule has 2 amide bonds. The van der Waals surface area contributed by atoms with Gasteiger partial charge in [0, 0.05) is 30.6 Å². The van der Waals surface area contributed by atoms with E-state index in [1.165, 1.54) is 0 Å². The number of fused-ring (bicyclic) bond motifs is 1. The number of rotatable bonds is 4. The number of carbonyl (C=O) groups is 2. The molecule has 2 heterocycles. The van der Waals surface area contributed by atoms with E-state index >= 15 is 0 Å². The van der Waals surface area contributed by atoms with Crippen LogP contribution in [0.25, 0.3) is 0 Å². The van der Waals surface area contributed by atoms with Gasteiger partial charge in [-0.1, -0.05) is 36.4 Å². The predicted octanol–water partition coefficient (Wildman–Crippen LogP) is 1.83. The van der Waals surface area contributed by atoms with Crippen molar-refractivity contribution in [2.45, 2.75) is 18.4 Å². The maximum Gasteiger partial charge on any atom is 0.227 e. The lowest BCUT2D eigenvalue weighted by Crippen LogP contribution is -2.45. The third-order valence-electron chi connectivity index (χ3n) is 5.28.